The monoisotopic (exact) mass is 294 g/mol. The molecule has 1 spiro atoms. The lowest BCUT2D eigenvalue weighted by Gasteiger charge is -2.31. The Morgan fingerprint density at radius 2 is 2.15 bits per heavy atom. The number of thiazole rings is 1. The summed E-state index contributed by atoms with van der Waals surface area (Å²) in [6, 6.07) is -0.289. The average Bonchev–Trinajstić information content (AvgIpc) is 3.00. The number of aromatic nitrogens is 1. The molecule has 1 aromatic heterocycles. The van der Waals surface area contributed by atoms with Crippen molar-refractivity contribution in [2.24, 2.45) is 0 Å². The van der Waals surface area contributed by atoms with Crippen LogP contribution in [0.25, 0.3) is 0 Å². The van der Waals surface area contributed by atoms with Gasteiger partial charge >= 0.3 is 6.03 Å². The third-order valence-electron chi connectivity index (χ3n) is 3.92. The molecule has 0 atom stereocenters. The summed E-state index contributed by atoms with van der Waals surface area (Å²) in [6.45, 7) is 3.84. The van der Waals surface area contributed by atoms with E-state index >= 15 is 0 Å². The molecule has 0 aliphatic carbocycles. The van der Waals surface area contributed by atoms with E-state index in [1.54, 1.807) is 11.3 Å². The van der Waals surface area contributed by atoms with Gasteiger partial charge in [-0.2, -0.15) is 0 Å². The van der Waals surface area contributed by atoms with E-state index in [1.807, 2.05) is 12.3 Å². The lowest BCUT2D eigenvalue weighted by molar-refractivity contribution is -0.132. The van der Waals surface area contributed by atoms with Crippen LogP contribution in [0, 0.1) is 0 Å². The SMILES string of the molecule is CCc1nc(CN2C(=O)NC3(CCNCC3)C2=O)cs1. The molecule has 20 heavy (non-hydrogen) atoms. The van der Waals surface area contributed by atoms with E-state index < -0.39 is 5.54 Å². The van der Waals surface area contributed by atoms with E-state index in [0.29, 0.717) is 12.8 Å². The Kier molecular flexibility index (Phi) is 3.47. The van der Waals surface area contributed by atoms with Crippen molar-refractivity contribution in [2.45, 2.75) is 38.3 Å². The summed E-state index contributed by atoms with van der Waals surface area (Å²) < 4.78 is 0. The van der Waals surface area contributed by atoms with Crippen molar-refractivity contribution < 1.29 is 9.59 Å². The standard InChI is InChI=1S/C13H18N4O2S/c1-2-10-15-9(8-20-10)7-17-11(18)13(16-12(17)19)3-5-14-6-4-13/h8,14H,2-7H2,1H3,(H,16,19). The molecule has 2 saturated heterocycles. The topological polar surface area (TPSA) is 74.3 Å². The lowest BCUT2D eigenvalue weighted by atomic mass is 9.88. The van der Waals surface area contributed by atoms with E-state index in [-0.39, 0.29) is 18.5 Å². The summed E-state index contributed by atoms with van der Waals surface area (Å²) in [5, 5.41) is 9.05. The van der Waals surface area contributed by atoms with E-state index in [1.165, 1.54) is 4.90 Å². The van der Waals surface area contributed by atoms with Crippen LogP contribution in [-0.2, 0) is 17.8 Å². The zero-order valence-electron chi connectivity index (χ0n) is 11.4. The summed E-state index contributed by atoms with van der Waals surface area (Å²) in [5.74, 6) is -0.102. The molecule has 0 saturated carbocycles. The van der Waals surface area contributed by atoms with Crippen molar-refractivity contribution >= 4 is 23.3 Å². The highest BCUT2D eigenvalue weighted by Gasteiger charge is 2.51. The number of piperidine rings is 1. The first-order valence-electron chi connectivity index (χ1n) is 6.93. The summed E-state index contributed by atoms with van der Waals surface area (Å²) in [7, 11) is 0. The summed E-state index contributed by atoms with van der Waals surface area (Å²) >= 11 is 1.57. The second-order valence-electron chi connectivity index (χ2n) is 5.24. The van der Waals surface area contributed by atoms with Crippen LogP contribution < -0.4 is 10.6 Å². The zero-order valence-corrected chi connectivity index (χ0v) is 12.3. The number of urea groups is 1. The van der Waals surface area contributed by atoms with Gasteiger partial charge in [-0.1, -0.05) is 6.92 Å². The number of carbonyl (C=O) groups excluding carboxylic acids is 2. The van der Waals surface area contributed by atoms with Gasteiger partial charge in [0.2, 0.25) is 0 Å². The van der Waals surface area contributed by atoms with Crippen LogP contribution in [0.15, 0.2) is 5.38 Å². The van der Waals surface area contributed by atoms with E-state index in [9.17, 15) is 9.59 Å². The summed E-state index contributed by atoms with van der Waals surface area (Å²) in [6.07, 6.45) is 2.19. The van der Waals surface area contributed by atoms with Crippen molar-refractivity contribution in [3.05, 3.63) is 16.1 Å². The van der Waals surface area contributed by atoms with Crippen LogP contribution in [-0.4, -0.2) is 40.5 Å². The van der Waals surface area contributed by atoms with Gasteiger partial charge < -0.3 is 10.6 Å². The van der Waals surface area contributed by atoms with Crippen molar-refractivity contribution in [1.29, 1.82) is 0 Å². The van der Waals surface area contributed by atoms with Crippen LogP contribution in [0.1, 0.15) is 30.5 Å². The van der Waals surface area contributed by atoms with Crippen LogP contribution in [0.4, 0.5) is 4.79 Å². The van der Waals surface area contributed by atoms with Gasteiger partial charge in [-0.25, -0.2) is 9.78 Å². The third kappa shape index (κ3) is 2.20. The van der Waals surface area contributed by atoms with Gasteiger partial charge in [0.1, 0.15) is 5.54 Å². The average molecular weight is 294 g/mol. The first-order chi connectivity index (χ1) is 9.64. The number of aryl methyl sites for hydroxylation is 1. The molecular weight excluding hydrogens is 276 g/mol. The molecule has 0 unspecified atom stereocenters. The molecule has 7 heteroatoms. The Morgan fingerprint density at radius 3 is 2.80 bits per heavy atom. The predicted molar refractivity (Wildman–Crippen MR) is 75.4 cm³/mol. The van der Waals surface area contributed by atoms with Crippen LogP contribution in [0.2, 0.25) is 0 Å². The first-order valence-corrected chi connectivity index (χ1v) is 7.81. The molecule has 3 amide bonds. The van der Waals surface area contributed by atoms with Crippen molar-refractivity contribution in [1.82, 2.24) is 20.5 Å². The van der Waals surface area contributed by atoms with E-state index in [2.05, 4.69) is 15.6 Å². The second-order valence-corrected chi connectivity index (χ2v) is 6.18. The minimum Gasteiger partial charge on any atom is -0.323 e. The lowest BCUT2D eigenvalue weighted by Crippen LogP contribution is -2.53. The Balaban J connectivity index is 1.76. The normalized spacial score (nSPS) is 21.6. The number of nitrogens with one attached hydrogen (secondary N) is 2. The van der Waals surface area contributed by atoms with E-state index in [4.69, 9.17) is 0 Å². The maximum atomic E-state index is 12.6. The highest BCUT2D eigenvalue weighted by atomic mass is 32.1. The molecule has 3 heterocycles. The van der Waals surface area contributed by atoms with E-state index in [0.717, 1.165) is 30.2 Å². The maximum absolute atomic E-state index is 12.6. The van der Waals surface area contributed by atoms with Gasteiger partial charge in [0, 0.05) is 5.38 Å². The Morgan fingerprint density at radius 1 is 1.40 bits per heavy atom. The molecule has 108 valence electrons. The second kappa shape index (κ2) is 5.14. The van der Waals surface area contributed by atoms with Gasteiger partial charge in [0.15, 0.2) is 0 Å². The largest absolute Gasteiger partial charge is 0.325 e. The number of amides is 3. The maximum Gasteiger partial charge on any atom is 0.325 e. The molecule has 2 aliphatic heterocycles. The molecule has 0 radical (unpaired) electrons. The van der Waals surface area contributed by atoms with Crippen LogP contribution in [0.3, 0.4) is 0 Å². The number of hydrogen-bond donors (Lipinski definition) is 2. The fraction of sp³-hybridized carbons (Fsp3) is 0.615. The number of hydrogen-bond acceptors (Lipinski definition) is 5. The molecule has 3 rings (SSSR count). The molecule has 0 bridgehead atoms. The third-order valence-corrected chi connectivity index (χ3v) is 4.97. The van der Waals surface area contributed by atoms with Crippen molar-refractivity contribution in [3.8, 4) is 0 Å². The highest BCUT2D eigenvalue weighted by Crippen LogP contribution is 2.28. The molecule has 0 aromatic carbocycles. The minimum absolute atomic E-state index is 0.102. The Bertz CT molecular complexity index is 536. The smallest absolute Gasteiger partial charge is 0.323 e. The van der Waals surface area contributed by atoms with Gasteiger partial charge in [0.05, 0.1) is 17.2 Å². The fourth-order valence-electron chi connectivity index (χ4n) is 2.76. The molecule has 2 fully saturated rings. The number of imide groups is 1. The summed E-state index contributed by atoms with van der Waals surface area (Å²) in [4.78, 5) is 30.4. The quantitative estimate of drug-likeness (QED) is 0.812. The number of carbonyl (C=O) groups is 2. The van der Waals surface area contributed by atoms with Crippen LogP contribution in [0.5, 0.6) is 0 Å². The highest BCUT2D eigenvalue weighted by molar-refractivity contribution is 7.09. The first kappa shape index (κ1) is 13.5. The number of rotatable bonds is 3. The van der Waals surface area contributed by atoms with Gasteiger partial charge in [-0.3, -0.25) is 9.69 Å². The summed E-state index contributed by atoms with van der Waals surface area (Å²) in [5.41, 5.74) is 0.104. The molecule has 6 nitrogen and oxygen atoms in total. The van der Waals surface area contributed by atoms with Gasteiger partial charge in [-0.15, -0.1) is 11.3 Å². The van der Waals surface area contributed by atoms with Crippen molar-refractivity contribution in [3.63, 3.8) is 0 Å². The van der Waals surface area contributed by atoms with Gasteiger partial charge in [-0.05, 0) is 32.4 Å². The zero-order chi connectivity index (χ0) is 14.2. The minimum atomic E-state index is -0.689. The number of nitrogens with zero attached hydrogens (tertiary/aromatic N) is 2. The Labute approximate surface area is 121 Å². The molecule has 2 aliphatic rings. The molecule has 1 aromatic rings. The fourth-order valence-corrected chi connectivity index (χ4v) is 3.49. The predicted octanol–water partition coefficient (Wildman–Crippen LogP) is 0.880. The Hall–Kier alpha value is -1.47. The van der Waals surface area contributed by atoms with Crippen LogP contribution >= 0.6 is 11.3 Å². The van der Waals surface area contributed by atoms with Gasteiger partial charge in [0.25, 0.3) is 5.91 Å². The van der Waals surface area contributed by atoms with Crippen molar-refractivity contribution in [2.75, 3.05) is 13.1 Å². The molecular formula is C13H18N4O2S. The molecule has 2 N–H and O–H groups in total.